The van der Waals surface area contributed by atoms with Crippen LogP contribution in [0, 0.1) is 0 Å². The molecule has 0 aromatic carbocycles. The highest BCUT2D eigenvalue weighted by atomic mass is 19.4. The number of nitrogens with zero attached hydrogens (tertiary/aromatic N) is 2. The number of alkyl halides is 3. The molecule has 4 N–H and O–H groups in total. The molecule has 1 atom stereocenters. The maximum atomic E-state index is 12.7. The number of nitrogen functional groups attached to an aromatic ring is 1. The van der Waals surface area contributed by atoms with Gasteiger partial charge in [0.05, 0.1) is 0 Å². The Morgan fingerprint density at radius 2 is 2.26 bits per heavy atom. The van der Waals surface area contributed by atoms with E-state index in [-0.39, 0.29) is 13.0 Å². The van der Waals surface area contributed by atoms with Gasteiger partial charge in [-0.05, 0) is 24.1 Å². The molecule has 1 aliphatic rings. The van der Waals surface area contributed by atoms with E-state index in [1.165, 1.54) is 6.20 Å². The molecule has 0 bridgehead atoms. The molecule has 1 fully saturated rings. The van der Waals surface area contributed by atoms with Gasteiger partial charge in [0.2, 0.25) is 0 Å². The van der Waals surface area contributed by atoms with Crippen LogP contribution in [0.1, 0.15) is 12.0 Å². The number of likely N-dealkylation sites (tertiary alicyclic amines) is 1. The summed E-state index contributed by atoms with van der Waals surface area (Å²) in [4.78, 5) is 5.47. The Balaban J connectivity index is 2.02. The van der Waals surface area contributed by atoms with Gasteiger partial charge in [0.15, 0.2) is 5.60 Å². The van der Waals surface area contributed by atoms with Crippen LogP contribution in [0.25, 0.3) is 0 Å². The maximum absolute atomic E-state index is 12.7. The van der Waals surface area contributed by atoms with Crippen LogP contribution in [0.2, 0.25) is 0 Å². The Morgan fingerprint density at radius 3 is 2.84 bits per heavy atom. The van der Waals surface area contributed by atoms with Crippen molar-refractivity contribution in [1.29, 1.82) is 0 Å². The molecule has 0 spiro atoms. The zero-order chi connectivity index (χ0) is 14.1. The first kappa shape index (κ1) is 14.0. The smallest absolute Gasteiger partial charge is 0.379 e. The van der Waals surface area contributed by atoms with E-state index in [1.807, 2.05) is 0 Å². The third-order valence-electron chi connectivity index (χ3n) is 3.23. The number of nitrogens with one attached hydrogen (secondary N) is 1. The number of nitrogens with two attached hydrogens (primary N) is 1. The van der Waals surface area contributed by atoms with Gasteiger partial charge in [0.25, 0.3) is 0 Å². The lowest BCUT2D eigenvalue weighted by molar-refractivity contribution is -0.254. The summed E-state index contributed by atoms with van der Waals surface area (Å²) in [6.07, 6.45) is -3.37. The fourth-order valence-electron chi connectivity index (χ4n) is 2.15. The highest BCUT2D eigenvalue weighted by Crippen LogP contribution is 2.37. The summed E-state index contributed by atoms with van der Waals surface area (Å²) in [5.74, 6) is 5.66. The van der Waals surface area contributed by atoms with Crippen LogP contribution in [0.5, 0.6) is 0 Å². The number of hydrogen-bond donors (Lipinski definition) is 3. The van der Waals surface area contributed by atoms with E-state index in [1.54, 1.807) is 17.0 Å². The van der Waals surface area contributed by atoms with Crippen molar-refractivity contribution >= 4 is 5.82 Å². The van der Waals surface area contributed by atoms with Gasteiger partial charge in [0.1, 0.15) is 5.82 Å². The fourth-order valence-corrected chi connectivity index (χ4v) is 2.15. The number of pyridine rings is 1. The van der Waals surface area contributed by atoms with Gasteiger partial charge in [-0.15, -0.1) is 0 Å². The second-order valence-electron chi connectivity index (χ2n) is 4.68. The molecular weight excluding hydrogens is 261 g/mol. The van der Waals surface area contributed by atoms with Crippen LogP contribution in [0.4, 0.5) is 19.0 Å². The number of halogens is 3. The molecule has 106 valence electrons. The van der Waals surface area contributed by atoms with Gasteiger partial charge in [-0.2, -0.15) is 13.2 Å². The minimum Gasteiger partial charge on any atom is -0.379 e. The minimum absolute atomic E-state index is 0.198. The molecule has 8 heteroatoms. The highest BCUT2D eigenvalue weighted by Gasteiger charge is 2.56. The SMILES string of the molecule is NNc1cc(CN2CCC(O)(C(F)(F)F)C2)ccn1. The number of β-amino-alcohol motifs (C(OH)–C–C–N with tert-alkyl or cyclic N) is 1. The maximum Gasteiger partial charge on any atom is 0.418 e. The van der Waals surface area contributed by atoms with E-state index in [9.17, 15) is 18.3 Å². The Kier molecular flexibility index (Phi) is 3.66. The van der Waals surface area contributed by atoms with Crippen molar-refractivity contribution in [2.45, 2.75) is 24.7 Å². The van der Waals surface area contributed by atoms with Crippen molar-refractivity contribution in [3.63, 3.8) is 0 Å². The Labute approximate surface area is 108 Å². The second kappa shape index (κ2) is 4.95. The van der Waals surface area contributed by atoms with Gasteiger partial charge >= 0.3 is 6.18 Å². The molecular formula is C11H15F3N4O. The molecule has 1 aliphatic heterocycles. The average molecular weight is 276 g/mol. The van der Waals surface area contributed by atoms with Crippen molar-refractivity contribution in [3.8, 4) is 0 Å². The minimum atomic E-state index is -4.59. The fraction of sp³-hybridized carbons (Fsp3) is 0.545. The first-order valence-electron chi connectivity index (χ1n) is 5.77. The Bertz CT molecular complexity index is 454. The van der Waals surface area contributed by atoms with E-state index in [0.717, 1.165) is 5.56 Å². The molecule has 0 radical (unpaired) electrons. The normalized spacial score (nSPS) is 24.7. The van der Waals surface area contributed by atoms with Gasteiger partial charge in [-0.3, -0.25) is 4.90 Å². The van der Waals surface area contributed by atoms with Crippen molar-refractivity contribution in [2.24, 2.45) is 5.84 Å². The van der Waals surface area contributed by atoms with Crippen molar-refractivity contribution in [3.05, 3.63) is 23.9 Å². The van der Waals surface area contributed by atoms with Crippen LogP contribution in [0.3, 0.4) is 0 Å². The molecule has 1 saturated heterocycles. The first-order valence-corrected chi connectivity index (χ1v) is 5.77. The molecule has 1 unspecified atom stereocenters. The Hall–Kier alpha value is -1.38. The summed E-state index contributed by atoms with van der Waals surface area (Å²) in [5.41, 5.74) is 0.558. The van der Waals surface area contributed by atoms with Gasteiger partial charge in [-0.1, -0.05) is 0 Å². The molecule has 1 aromatic heterocycles. The summed E-state index contributed by atoms with van der Waals surface area (Å²) in [7, 11) is 0. The molecule has 5 nitrogen and oxygen atoms in total. The molecule has 2 heterocycles. The monoisotopic (exact) mass is 276 g/mol. The van der Waals surface area contributed by atoms with E-state index < -0.39 is 18.3 Å². The zero-order valence-electron chi connectivity index (χ0n) is 10.1. The van der Waals surface area contributed by atoms with Crippen LogP contribution < -0.4 is 11.3 Å². The van der Waals surface area contributed by atoms with E-state index >= 15 is 0 Å². The summed E-state index contributed by atoms with van der Waals surface area (Å²) >= 11 is 0. The quantitative estimate of drug-likeness (QED) is 0.564. The van der Waals surface area contributed by atoms with Crippen LogP contribution >= 0.6 is 0 Å². The van der Waals surface area contributed by atoms with Gasteiger partial charge in [0, 0.05) is 25.8 Å². The molecule has 0 aliphatic carbocycles. The lowest BCUT2D eigenvalue weighted by Gasteiger charge is -2.26. The average Bonchev–Trinajstić information content (AvgIpc) is 2.72. The number of aromatic nitrogens is 1. The standard InChI is InChI=1S/C11H15F3N4O/c12-11(13,14)10(19)2-4-18(7-10)6-8-1-3-16-9(5-8)17-15/h1,3,5,19H,2,4,6-7,15H2,(H,16,17). The number of aliphatic hydroxyl groups is 1. The van der Waals surface area contributed by atoms with Crippen LogP contribution in [-0.4, -0.2) is 39.9 Å². The number of hydrogen-bond acceptors (Lipinski definition) is 5. The van der Waals surface area contributed by atoms with E-state index in [0.29, 0.717) is 12.4 Å². The van der Waals surface area contributed by atoms with Crippen molar-refractivity contribution < 1.29 is 18.3 Å². The lowest BCUT2D eigenvalue weighted by atomic mass is 10.0. The van der Waals surface area contributed by atoms with Crippen molar-refractivity contribution in [1.82, 2.24) is 9.88 Å². The summed E-state index contributed by atoms with van der Waals surface area (Å²) < 4.78 is 38.0. The van der Waals surface area contributed by atoms with Crippen LogP contribution in [0.15, 0.2) is 18.3 Å². The Morgan fingerprint density at radius 1 is 1.53 bits per heavy atom. The predicted molar refractivity (Wildman–Crippen MR) is 62.9 cm³/mol. The molecule has 2 rings (SSSR count). The third kappa shape index (κ3) is 2.96. The lowest BCUT2D eigenvalue weighted by Crippen LogP contribution is -2.47. The van der Waals surface area contributed by atoms with Crippen molar-refractivity contribution in [2.75, 3.05) is 18.5 Å². The van der Waals surface area contributed by atoms with Crippen LogP contribution in [-0.2, 0) is 6.54 Å². The summed E-state index contributed by atoms with van der Waals surface area (Å²) in [6, 6.07) is 3.36. The predicted octanol–water partition coefficient (Wildman–Crippen LogP) is 0.866. The van der Waals surface area contributed by atoms with Gasteiger partial charge < -0.3 is 10.5 Å². The summed E-state index contributed by atoms with van der Waals surface area (Å²) in [5, 5.41) is 9.57. The molecule has 19 heavy (non-hydrogen) atoms. The van der Waals surface area contributed by atoms with E-state index in [4.69, 9.17) is 5.84 Å². The molecule has 1 aromatic rings. The number of anilines is 1. The number of hydrazine groups is 1. The molecule has 0 saturated carbocycles. The highest BCUT2D eigenvalue weighted by molar-refractivity contribution is 5.35. The third-order valence-corrected chi connectivity index (χ3v) is 3.23. The summed E-state index contributed by atoms with van der Waals surface area (Å²) in [6.45, 7) is 0.101. The zero-order valence-corrected chi connectivity index (χ0v) is 10.1. The second-order valence-corrected chi connectivity index (χ2v) is 4.68. The number of rotatable bonds is 3. The van der Waals surface area contributed by atoms with Gasteiger partial charge in [-0.25, -0.2) is 10.8 Å². The largest absolute Gasteiger partial charge is 0.418 e. The first-order chi connectivity index (χ1) is 8.84. The topological polar surface area (TPSA) is 74.4 Å². The molecule has 0 amide bonds. The van der Waals surface area contributed by atoms with E-state index in [2.05, 4.69) is 10.4 Å².